The molecule has 0 bridgehead atoms. The summed E-state index contributed by atoms with van der Waals surface area (Å²) in [5.41, 5.74) is 0. The number of rotatable bonds is 25. The second kappa shape index (κ2) is 25.8. The second-order valence-corrected chi connectivity index (χ2v) is 10.7. The van der Waals surface area contributed by atoms with Crippen molar-refractivity contribution in [2.75, 3.05) is 26.4 Å². The van der Waals surface area contributed by atoms with Crippen molar-refractivity contribution in [1.29, 1.82) is 0 Å². The summed E-state index contributed by atoms with van der Waals surface area (Å²) in [6, 6.07) is 0. The Hall–Kier alpha value is -0.490. The molecule has 0 amide bonds. The third-order valence-corrected chi connectivity index (χ3v) is 6.74. The van der Waals surface area contributed by atoms with Crippen LogP contribution in [0, 0.1) is 0 Å². The van der Waals surface area contributed by atoms with E-state index in [-0.39, 0.29) is 49.4 Å². The number of carbonyl (C=O) groups excluding carboxylic acids is 2. The van der Waals surface area contributed by atoms with E-state index < -0.39 is 46.4 Å². The van der Waals surface area contributed by atoms with Crippen LogP contribution >= 0.6 is 0 Å². The smallest absolute Gasteiger partial charge is 0.747 e. The summed E-state index contributed by atoms with van der Waals surface area (Å²) >= 11 is 0. The van der Waals surface area contributed by atoms with Crippen LogP contribution in [0.1, 0.15) is 103 Å². The predicted octanol–water partition coefficient (Wildman–Crippen LogP) is 1.43. The summed E-state index contributed by atoms with van der Waals surface area (Å²) in [7, 11) is -5.14. The van der Waals surface area contributed by atoms with Gasteiger partial charge in [-0.3, -0.25) is 9.59 Å². The molecule has 0 rings (SSSR count). The van der Waals surface area contributed by atoms with Crippen molar-refractivity contribution in [3.05, 3.63) is 12.7 Å². The number of unbranched alkanes of at least 4 members (excludes halogenated alkanes) is 13. The maximum atomic E-state index is 12.0. The standard InChI is InChI=1S/C26H48O9S.Na/c1-3-5-6-7-8-9-10-11-12-13-14-15-16-17-19-34-25(28)20-24(36(30,31)32)26(29)35-22-23(27)21-33-18-4-2;/h4,23-24,27H,2-3,5-22H2,1H3,(H,30,31,32);/q;+1/p-1. The molecule has 0 radical (unpaired) electrons. The van der Waals surface area contributed by atoms with Gasteiger partial charge in [0.05, 0.1) is 26.2 Å². The number of carbonyl (C=O) groups is 2. The van der Waals surface area contributed by atoms with Crippen molar-refractivity contribution < 1.29 is 71.4 Å². The predicted molar refractivity (Wildman–Crippen MR) is 137 cm³/mol. The van der Waals surface area contributed by atoms with E-state index in [9.17, 15) is 27.7 Å². The molecular weight excluding hydrogens is 511 g/mol. The first-order valence-electron chi connectivity index (χ1n) is 13.4. The van der Waals surface area contributed by atoms with Gasteiger partial charge in [0.15, 0.2) is 5.25 Å². The van der Waals surface area contributed by atoms with E-state index in [0.717, 1.165) is 19.3 Å². The molecular formula is C26H47NaO9S. The van der Waals surface area contributed by atoms with Crippen LogP contribution in [0.5, 0.6) is 0 Å². The van der Waals surface area contributed by atoms with Crippen LogP contribution in [-0.2, 0) is 33.9 Å². The van der Waals surface area contributed by atoms with Gasteiger partial charge >= 0.3 is 41.5 Å². The Morgan fingerprint density at radius 1 is 0.865 bits per heavy atom. The average Bonchev–Trinajstić information content (AvgIpc) is 2.83. The van der Waals surface area contributed by atoms with E-state index >= 15 is 0 Å². The van der Waals surface area contributed by atoms with E-state index in [4.69, 9.17) is 9.47 Å². The fraction of sp³-hybridized carbons (Fsp3) is 0.846. The van der Waals surface area contributed by atoms with E-state index in [1.807, 2.05) is 0 Å². The molecule has 9 nitrogen and oxygen atoms in total. The summed E-state index contributed by atoms with van der Waals surface area (Å²) < 4.78 is 48.9. The molecule has 212 valence electrons. The van der Waals surface area contributed by atoms with Crippen LogP contribution in [0.2, 0.25) is 0 Å². The number of hydrogen-bond acceptors (Lipinski definition) is 9. The van der Waals surface area contributed by atoms with Crippen molar-refractivity contribution >= 4 is 22.1 Å². The van der Waals surface area contributed by atoms with Gasteiger partial charge in [0, 0.05) is 0 Å². The molecule has 1 N–H and O–H groups in total. The molecule has 0 saturated heterocycles. The van der Waals surface area contributed by atoms with Crippen LogP contribution in [-0.4, -0.2) is 67.8 Å². The van der Waals surface area contributed by atoms with Crippen molar-refractivity contribution in [3.8, 4) is 0 Å². The van der Waals surface area contributed by atoms with Gasteiger partial charge in [-0.2, -0.15) is 0 Å². The topological polar surface area (TPSA) is 139 Å². The van der Waals surface area contributed by atoms with Gasteiger partial charge in [0.2, 0.25) is 0 Å². The second-order valence-electron chi connectivity index (χ2n) is 9.11. The Morgan fingerprint density at radius 3 is 1.81 bits per heavy atom. The van der Waals surface area contributed by atoms with Gasteiger partial charge in [-0.1, -0.05) is 96.5 Å². The number of aliphatic hydroxyl groups is 1. The van der Waals surface area contributed by atoms with Gasteiger partial charge in [-0.05, 0) is 6.42 Å². The third kappa shape index (κ3) is 24.3. The zero-order valence-electron chi connectivity index (χ0n) is 23.0. The minimum Gasteiger partial charge on any atom is -0.747 e. The summed E-state index contributed by atoms with van der Waals surface area (Å²) in [6.07, 6.45) is 16.0. The normalized spacial score (nSPS) is 12.8. The maximum absolute atomic E-state index is 12.0. The molecule has 0 aliphatic rings. The van der Waals surface area contributed by atoms with E-state index in [2.05, 4.69) is 18.2 Å². The van der Waals surface area contributed by atoms with Crippen LogP contribution in [0.4, 0.5) is 0 Å². The quantitative estimate of drug-likeness (QED) is 0.0579. The molecule has 11 heteroatoms. The zero-order chi connectivity index (χ0) is 27.1. The van der Waals surface area contributed by atoms with Gasteiger partial charge in [0.25, 0.3) is 0 Å². The fourth-order valence-electron chi connectivity index (χ4n) is 3.60. The summed E-state index contributed by atoms with van der Waals surface area (Å²) in [4.78, 5) is 23.9. The number of ether oxygens (including phenoxy) is 3. The van der Waals surface area contributed by atoms with Crippen LogP contribution in [0.25, 0.3) is 0 Å². The molecule has 0 saturated carbocycles. The van der Waals surface area contributed by atoms with Gasteiger partial charge in [-0.25, -0.2) is 8.42 Å². The molecule has 0 heterocycles. The van der Waals surface area contributed by atoms with Crippen LogP contribution < -0.4 is 29.6 Å². The monoisotopic (exact) mass is 558 g/mol. The summed E-state index contributed by atoms with van der Waals surface area (Å²) in [5.74, 6) is -2.36. The first kappa shape index (κ1) is 38.7. The molecule has 2 atom stereocenters. The molecule has 37 heavy (non-hydrogen) atoms. The van der Waals surface area contributed by atoms with Gasteiger partial charge in [0.1, 0.15) is 22.8 Å². The largest absolute Gasteiger partial charge is 1.00 e. The maximum Gasteiger partial charge on any atom is 1.00 e. The fourth-order valence-corrected chi connectivity index (χ4v) is 4.25. The third-order valence-electron chi connectivity index (χ3n) is 5.69. The van der Waals surface area contributed by atoms with Crippen molar-refractivity contribution in [2.45, 2.75) is 115 Å². The molecule has 0 aliphatic carbocycles. The summed E-state index contributed by atoms with van der Waals surface area (Å²) in [5, 5.41) is 7.42. The average molecular weight is 559 g/mol. The number of hydrogen-bond donors (Lipinski definition) is 1. The SMILES string of the molecule is C=CCOCC(O)COC(=O)C(CC(=O)OCCCCCCCCCCCCCCCC)S(=O)(=O)[O-].[Na+]. The van der Waals surface area contributed by atoms with E-state index in [1.165, 1.54) is 70.3 Å². The summed E-state index contributed by atoms with van der Waals surface area (Å²) in [6.45, 7) is 5.19. The Labute approximate surface area is 246 Å². The minimum absolute atomic E-state index is 0. The Kier molecular flexibility index (Phi) is 26.9. The zero-order valence-corrected chi connectivity index (χ0v) is 25.8. The van der Waals surface area contributed by atoms with Crippen LogP contribution in [0.15, 0.2) is 12.7 Å². The molecule has 0 spiro atoms. The molecule has 0 fully saturated rings. The molecule has 0 aromatic rings. The Bertz CT molecular complexity index is 686. The first-order valence-corrected chi connectivity index (χ1v) is 14.8. The van der Waals surface area contributed by atoms with Crippen molar-refractivity contribution in [3.63, 3.8) is 0 Å². The van der Waals surface area contributed by atoms with Crippen molar-refractivity contribution in [1.82, 2.24) is 0 Å². The first-order chi connectivity index (χ1) is 17.2. The number of aliphatic hydroxyl groups excluding tert-OH is 1. The van der Waals surface area contributed by atoms with Gasteiger partial charge in [-0.15, -0.1) is 6.58 Å². The Balaban J connectivity index is 0. The van der Waals surface area contributed by atoms with Crippen LogP contribution in [0.3, 0.4) is 0 Å². The molecule has 0 aromatic carbocycles. The van der Waals surface area contributed by atoms with Gasteiger partial charge < -0.3 is 23.9 Å². The molecule has 0 aliphatic heterocycles. The number of esters is 2. The van der Waals surface area contributed by atoms with E-state index in [1.54, 1.807) is 0 Å². The van der Waals surface area contributed by atoms with E-state index in [0.29, 0.717) is 6.42 Å². The molecule has 0 aromatic heterocycles. The van der Waals surface area contributed by atoms with Crippen molar-refractivity contribution in [2.24, 2.45) is 0 Å². The minimum atomic E-state index is -5.14. The molecule has 2 unspecified atom stereocenters. The Morgan fingerprint density at radius 2 is 1.35 bits per heavy atom.